The maximum atomic E-state index is 12.6. The number of nitrogens with two attached hydrogens (primary N) is 1. The second-order valence-corrected chi connectivity index (χ2v) is 11.4. The number of nitrogen functional groups attached to an aromatic ring is 1. The maximum absolute atomic E-state index is 12.6. The van der Waals surface area contributed by atoms with Gasteiger partial charge in [0, 0.05) is 38.2 Å². The molecule has 2 N–H and O–H groups in total. The van der Waals surface area contributed by atoms with Gasteiger partial charge in [-0.3, -0.25) is 9.29 Å². The second-order valence-electron chi connectivity index (χ2n) is 11.4. The third-order valence-corrected chi connectivity index (χ3v) is 8.95. The molecule has 4 aliphatic rings. The molecule has 1 saturated carbocycles. The number of likely N-dealkylation sites (tertiary alicyclic amines) is 1. The molecule has 5 nitrogen and oxygen atoms in total. The molecule has 6 rings (SSSR count). The first kappa shape index (κ1) is 25.8. The zero-order valence-corrected chi connectivity index (χ0v) is 22.4. The van der Waals surface area contributed by atoms with Crippen LogP contribution in [0.4, 0.5) is 10.1 Å². The lowest BCUT2D eigenvalue weighted by molar-refractivity contribution is -0.180. The number of alkyl halides is 1. The molecule has 3 fully saturated rings. The van der Waals surface area contributed by atoms with E-state index in [0.29, 0.717) is 12.3 Å². The Morgan fingerprint density at radius 3 is 2.55 bits per heavy atom. The summed E-state index contributed by atoms with van der Waals surface area (Å²) in [4.78, 5) is 2.31. The molecule has 204 valence electrons. The minimum Gasteiger partial charge on any atom is -0.489 e. The lowest BCUT2D eigenvalue weighted by Crippen LogP contribution is -2.35. The number of aryl methyl sites for hydroxylation is 1. The standard InChI is InChI=1S/C32H41FN2O3/c33-16-2-17-35-18-13-28(22-35)38-27-8-5-24(6-9-27)31-29(4-1-3-25-21-26(34)7-10-30(25)31)23-11-14-32(15-12-23)36-19-20-37-32/h5-10,21,23,28H,1-4,11-20,22,34H2. The highest BCUT2D eigenvalue weighted by Gasteiger charge is 2.41. The number of hydrogen-bond donors (Lipinski definition) is 1. The highest BCUT2D eigenvalue weighted by atomic mass is 19.1. The molecule has 6 heteroatoms. The van der Waals surface area contributed by atoms with E-state index in [4.69, 9.17) is 19.9 Å². The maximum Gasteiger partial charge on any atom is 0.168 e. The van der Waals surface area contributed by atoms with Crippen molar-refractivity contribution in [3.63, 3.8) is 0 Å². The van der Waals surface area contributed by atoms with Crippen LogP contribution in [0.15, 0.2) is 48.0 Å². The van der Waals surface area contributed by atoms with E-state index < -0.39 is 0 Å². The van der Waals surface area contributed by atoms with E-state index in [1.54, 1.807) is 5.57 Å². The smallest absolute Gasteiger partial charge is 0.168 e. The molecular formula is C32H41FN2O3. The molecule has 2 heterocycles. The molecular weight excluding hydrogens is 479 g/mol. The molecule has 2 aliphatic carbocycles. The molecule has 2 aromatic rings. The van der Waals surface area contributed by atoms with Crippen LogP contribution in [0.25, 0.3) is 5.57 Å². The quantitative estimate of drug-likeness (QED) is 0.444. The minimum atomic E-state index is -0.338. The molecule has 1 spiro atoms. The fraction of sp³-hybridized carbons (Fsp3) is 0.562. The summed E-state index contributed by atoms with van der Waals surface area (Å²) in [7, 11) is 0. The Labute approximate surface area is 226 Å². The number of anilines is 1. The predicted molar refractivity (Wildman–Crippen MR) is 149 cm³/mol. The average Bonchev–Trinajstić information content (AvgIpc) is 3.54. The van der Waals surface area contributed by atoms with Gasteiger partial charge in [0.1, 0.15) is 11.9 Å². The number of halogens is 1. The Morgan fingerprint density at radius 1 is 1.00 bits per heavy atom. The lowest BCUT2D eigenvalue weighted by atomic mass is 9.76. The van der Waals surface area contributed by atoms with Crippen molar-refractivity contribution in [2.45, 2.75) is 69.7 Å². The van der Waals surface area contributed by atoms with Gasteiger partial charge in [0.05, 0.1) is 19.9 Å². The number of fused-ring (bicyclic) bond motifs is 1. The Kier molecular flexibility index (Phi) is 7.73. The van der Waals surface area contributed by atoms with Crippen molar-refractivity contribution < 1.29 is 18.6 Å². The average molecular weight is 521 g/mol. The summed E-state index contributed by atoms with van der Waals surface area (Å²) in [5.41, 5.74) is 13.9. The normalized spacial score (nSPS) is 24.1. The van der Waals surface area contributed by atoms with Gasteiger partial charge in [0.15, 0.2) is 5.79 Å². The second kappa shape index (κ2) is 11.4. The number of hydrogen-bond acceptors (Lipinski definition) is 5. The topological polar surface area (TPSA) is 57.0 Å². The van der Waals surface area contributed by atoms with Crippen LogP contribution in [0.3, 0.4) is 0 Å². The summed E-state index contributed by atoms with van der Waals surface area (Å²) < 4.78 is 31.0. The summed E-state index contributed by atoms with van der Waals surface area (Å²) in [6, 6.07) is 15.2. The van der Waals surface area contributed by atoms with E-state index in [1.807, 2.05) is 6.07 Å². The highest BCUT2D eigenvalue weighted by molar-refractivity contribution is 5.85. The van der Waals surface area contributed by atoms with Crippen LogP contribution < -0.4 is 10.5 Å². The first-order chi connectivity index (χ1) is 18.6. The lowest BCUT2D eigenvalue weighted by Gasteiger charge is -2.37. The molecule has 0 aromatic heterocycles. The van der Waals surface area contributed by atoms with Gasteiger partial charge in [-0.15, -0.1) is 0 Å². The highest BCUT2D eigenvalue weighted by Crippen LogP contribution is 2.46. The van der Waals surface area contributed by atoms with Crippen molar-refractivity contribution in [3.05, 3.63) is 64.7 Å². The molecule has 0 amide bonds. The Morgan fingerprint density at radius 2 is 1.79 bits per heavy atom. The fourth-order valence-corrected chi connectivity index (χ4v) is 7.04. The number of benzene rings is 2. The number of ether oxygens (including phenoxy) is 3. The van der Waals surface area contributed by atoms with Crippen molar-refractivity contribution in [2.24, 2.45) is 5.92 Å². The van der Waals surface area contributed by atoms with E-state index in [2.05, 4.69) is 41.3 Å². The van der Waals surface area contributed by atoms with Crippen LogP contribution in [0.2, 0.25) is 0 Å². The largest absolute Gasteiger partial charge is 0.489 e. The van der Waals surface area contributed by atoms with Crippen LogP contribution in [0, 0.1) is 5.92 Å². The number of rotatable bonds is 7. The fourth-order valence-electron chi connectivity index (χ4n) is 7.04. The summed E-state index contributed by atoms with van der Waals surface area (Å²) in [5, 5.41) is 0. The van der Waals surface area contributed by atoms with Crippen LogP contribution in [-0.2, 0) is 15.9 Å². The van der Waals surface area contributed by atoms with Crippen LogP contribution in [-0.4, -0.2) is 56.3 Å². The first-order valence-electron chi connectivity index (χ1n) is 14.6. The van der Waals surface area contributed by atoms with Gasteiger partial charge >= 0.3 is 0 Å². The van der Waals surface area contributed by atoms with Gasteiger partial charge < -0.3 is 19.9 Å². The van der Waals surface area contributed by atoms with E-state index >= 15 is 0 Å². The Bertz CT molecular complexity index is 1130. The first-order valence-corrected chi connectivity index (χ1v) is 14.6. The molecule has 2 saturated heterocycles. The van der Waals surface area contributed by atoms with Crippen molar-refractivity contribution >= 4 is 11.3 Å². The number of nitrogens with zero attached hydrogens (tertiary/aromatic N) is 1. The summed E-state index contributed by atoms with van der Waals surface area (Å²) in [6.07, 6.45) is 9.23. The SMILES string of the molecule is Nc1ccc2c(c1)CCCC(C1CCC3(CC1)OCCO3)=C2c1ccc(OC2CCN(CCCF)C2)cc1. The monoisotopic (exact) mass is 520 g/mol. The minimum absolute atomic E-state index is 0.173. The van der Waals surface area contributed by atoms with Crippen LogP contribution in [0.1, 0.15) is 68.1 Å². The molecule has 1 unspecified atom stereocenters. The molecule has 1 atom stereocenters. The molecule has 2 aromatic carbocycles. The Balaban J connectivity index is 1.26. The van der Waals surface area contributed by atoms with Crippen LogP contribution in [0.5, 0.6) is 5.75 Å². The van der Waals surface area contributed by atoms with Gasteiger partial charge in [0.2, 0.25) is 0 Å². The summed E-state index contributed by atoms with van der Waals surface area (Å²) in [5.74, 6) is 1.11. The predicted octanol–water partition coefficient (Wildman–Crippen LogP) is 6.15. The van der Waals surface area contributed by atoms with Gasteiger partial charge in [-0.25, -0.2) is 0 Å². The van der Waals surface area contributed by atoms with Crippen molar-refractivity contribution in [2.75, 3.05) is 45.3 Å². The van der Waals surface area contributed by atoms with Crippen molar-refractivity contribution in [1.82, 2.24) is 4.90 Å². The molecule has 38 heavy (non-hydrogen) atoms. The van der Waals surface area contributed by atoms with Gasteiger partial charge in [-0.1, -0.05) is 23.8 Å². The van der Waals surface area contributed by atoms with Gasteiger partial charge in [0.25, 0.3) is 0 Å². The Hall–Kier alpha value is -2.41. The van der Waals surface area contributed by atoms with E-state index in [-0.39, 0.29) is 18.6 Å². The van der Waals surface area contributed by atoms with Crippen molar-refractivity contribution in [3.8, 4) is 5.75 Å². The molecule has 0 bridgehead atoms. The third kappa shape index (κ3) is 5.49. The summed E-state index contributed by atoms with van der Waals surface area (Å²) >= 11 is 0. The van der Waals surface area contributed by atoms with E-state index in [1.165, 1.54) is 22.3 Å². The van der Waals surface area contributed by atoms with E-state index in [0.717, 1.165) is 95.7 Å². The van der Waals surface area contributed by atoms with Crippen molar-refractivity contribution in [1.29, 1.82) is 0 Å². The van der Waals surface area contributed by atoms with E-state index in [9.17, 15) is 4.39 Å². The number of allylic oxidation sites excluding steroid dienone is 1. The molecule has 2 aliphatic heterocycles. The zero-order chi connectivity index (χ0) is 26.0. The van der Waals surface area contributed by atoms with Crippen LogP contribution >= 0.6 is 0 Å². The molecule has 0 radical (unpaired) electrons. The third-order valence-electron chi connectivity index (χ3n) is 8.95. The van der Waals surface area contributed by atoms with Gasteiger partial charge in [-0.05, 0) is 97.4 Å². The van der Waals surface area contributed by atoms with Gasteiger partial charge in [-0.2, -0.15) is 0 Å². The zero-order valence-electron chi connectivity index (χ0n) is 22.4. The summed E-state index contributed by atoms with van der Waals surface area (Å²) in [6.45, 7) is 3.87.